The van der Waals surface area contributed by atoms with Crippen molar-refractivity contribution in [2.24, 2.45) is 0 Å². The zero-order chi connectivity index (χ0) is 26.5. The molecular weight excluding hydrogens is 534 g/mol. The molecule has 8 nitrogen and oxygen atoms in total. The highest BCUT2D eigenvalue weighted by atomic mass is 35.5. The number of carbonyl (C=O) groups is 2. The van der Waals surface area contributed by atoms with Crippen LogP contribution in [-0.2, 0) is 32.5 Å². The van der Waals surface area contributed by atoms with Crippen molar-refractivity contribution in [2.75, 3.05) is 18.0 Å². The molecule has 2 aliphatic rings. The van der Waals surface area contributed by atoms with Crippen molar-refractivity contribution in [1.29, 1.82) is 0 Å². The normalized spacial score (nSPS) is 18.4. The van der Waals surface area contributed by atoms with Gasteiger partial charge >= 0.3 is 6.09 Å². The number of sulfonamides is 1. The third-order valence-corrected chi connectivity index (χ3v) is 9.69. The molecule has 0 unspecified atom stereocenters. The zero-order valence-corrected chi connectivity index (χ0v) is 23.2. The highest BCUT2D eigenvalue weighted by molar-refractivity contribution is 7.91. The molecule has 0 saturated carbocycles. The van der Waals surface area contributed by atoms with Gasteiger partial charge in [0.1, 0.15) is 15.9 Å². The fourth-order valence-corrected chi connectivity index (χ4v) is 7.40. The van der Waals surface area contributed by atoms with E-state index in [2.05, 4.69) is 4.72 Å². The standard InChI is InChI=1S/C26H28ClN3O5S2/c1-26(2,3)35-25(32)29-10-8-16-13-20(6-4-17(16)15-29)30-11-9-21(24(30)31)28-37(33,34)23-14-18-12-19(27)5-7-22(18)36-23/h4-7,12-14,21,28H,8-11,15H2,1-3H3/t21-/m0/s1. The summed E-state index contributed by atoms with van der Waals surface area (Å²) in [4.78, 5) is 28.9. The first kappa shape index (κ1) is 26.0. The summed E-state index contributed by atoms with van der Waals surface area (Å²) in [7, 11) is -3.87. The zero-order valence-electron chi connectivity index (χ0n) is 20.8. The van der Waals surface area contributed by atoms with Crippen molar-refractivity contribution in [3.05, 3.63) is 58.6 Å². The number of amides is 2. The maximum atomic E-state index is 13.2. The largest absolute Gasteiger partial charge is 0.444 e. The Morgan fingerprint density at radius 3 is 2.65 bits per heavy atom. The second-order valence-electron chi connectivity index (χ2n) is 10.3. The number of benzene rings is 2. The molecule has 3 aromatic rings. The van der Waals surface area contributed by atoms with Gasteiger partial charge in [0.2, 0.25) is 5.91 Å². The SMILES string of the molecule is CC(C)(C)OC(=O)N1CCc2cc(N3CC[C@H](NS(=O)(=O)c4cc5cc(Cl)ccc5s4)C3=O)ccc2C1. The Balaban J connectivity index is 1.27. The van der Waals surface area contributed by atoms with Crippen molar-refractivity contribution in [1.82, 2.24) is 9.62 Å². The maximum absolute atomic E-state index is 13.2. The highest BCUT2D eigenvalue weighted by Gasteiger charge is 2.36. The van der Waals surface area contributed by atoms with Crippen molar-refractivity contribution in [2.45, 2.75) is 56.0 Å². The number of rotatable bonds is 4. The van der Waals surface area contributed by atoms with Gasteiger partial charge < -0.3 is 14.5 Å². The van der Waals surface area contributed by atoms with Gasteiger partial charge in [0.05, 0.1) is 0 Å². The molecule has 196 valence electrons. The smallest absolute Gasteiger partial charge is 0.410 e. The van der Waals surface area contributed by atoms with Crippen molar-refractivity contribution < 1.29 is 22.7 Å². The average molecular weight is 562 g/mol. The Kier molecular flexibility index (Phi) is 6.72. The minimum atomic E-state index is -3.87. The van der Waals surface area contributed by atoms with E-state index < -0.39 is 21.7 Å². The first-order valence-corrected chi connectivity index (χ1v) is 14.7. The first-order valence-electron chi connectivity index (χ1n) is 12.0. The molecule has 0 bridgehead atoms. The second kappa shape index (κ2) is 9.58. The second-order valence-corrected chi connectivity index (χ2v) is 13.8. The van der Waals surface area contributed by atoms with Gasteiger partial charge in [0, 0.05) is 35.0 Å². The Morgan fingerprint density at radius 1 is 1.11 bits per heavy atom. The Labute approximate surface area is 225 Å². The summed E-state index contributed by atoms with van der Waals surface area (Å²) in [5.74, 6) is -0.279. The number of halogens is 1. The van der Waals surface area contributed by atoms with E-state index in [1.165, 1.54) is 0 Å². The van der Waals surface area contributed by atoms with Gasteiger partial charge in [-0.25, -0.2) is 13.2 Å². The topological polar surface area (TPSA) is 96.0 Å². The molecule has 1 N–H and O–H groups in total. The molecule has 5 rings (SSSR count). The molecule has 2 aromatic carbocycles. The maximum Gasteiger partial charge on any atom is 0.410 e. The molecule has 37 heavy (non-hydrogen) atoms. The number of fused-ring (bicyclic) bond motifs is 2. The summed E-state index contributed by atoms with van der Waals surface area (Å²) in [5.41, 5.74) is 2.25. The van der Waals surface area contributed by atoms with Crippen LogP contribution in [0.5, 0.6) is 0 Å². The summed E-state index contributed by atoms with van der Waals surface area (Å²) in [5, 5.41) is 1.28. The van der Waals surface area contributed by atoms with E-state index in [9.17, 15) is 18.0 Å². The number of anilines is 1. The van der Waals surface area contributed by atoms with E-state index in [1.807, 2.05) is 39.0 Å². The van der Waals surface area contributed by atoms with Crippen LogP contribution in [0.15, 0.2) is 46.7 Å². The van der Waals surface area contributed by atoms with Crippen LogP contribution in [0.1, 0.15) is 38.3 Å². The average Bonchev–Trinajstić information content (AvgIpc) is 3.41. The molecule has 0 spiro atoms. The van der Waals surface area contributed by atoms with Gasteiger partial charge in [-0.05, 0) is 86.5 Å². The first-order chi connectivity index (χ1) is 17.4. The molecule has 1 saturated heterocycles. The van der Waals surface area contributed by atoms with Gasteiger partial charge in [0.25, 0.3) is 10.0 Å². The van der Waals surface area contributed by atoms with E-state index in [0.717, 1.165) is 38.2 Å². The molecule has 1 fully saturated rings. The van der Waals surface area contributed by atoms with Gasteiger partial charge in [-0.3, -0.25) is 4.79 Å². The van der Waals surface area contributed by atoms with Crippen LogP contribution >= 0.6 is 22.9 Å². The third-order valence-electron chi connectivity index (χ3n) is 6.39. The Morgan fingerprint density at radius 2 is 1.89 bits per heavy atom. The monoisotopic (exact) mass is 561 g/mol. The summed E-state index contributed by atoms with van der Waals surface area (Å²) in [6.07, 6.45) is 0.684. The lowest BCUT2D eigenvalue weighted by Gasteiger charge is -2.31. The van der Waals surface area contributed by atoms with E-state index in [0.29, 0.717) is 37.5 Å². The molecule has 0 radical (unpaired) electrons. The lowest BCUT2D eigenvalue weighted by atomic mass is 9.99. The van der Waals surface area contributed by atoms with Crippen LogP contribution in [0.25, 0.3) is 10.1 Å². The van der Waals surface area contributed by atoms with E-state index in [4.69, 9.17) is 16.3 Å². The van der Waals surface area contributed by atoms with Crippen molar-refractivity contribution in [3.63, 3.8) is 0 Å². The molecule has 1 aromatic heterocycles. The van der Waals surface area contributed by atoms with Crippen molar-refractivity contribution in [3.8, 4) is 0 Å². The Bertz CT molecular complexity index is 1500. The lowest BCUT2D eigenvalue weighted by molar-refractivity contribution is -0.118. The number of ether oxygens (including phenoxy) is 1. The highest BCUT2D eigenvalue weighted by Crippen LogP contribution is 2.32. The molecule has 0 aliphatic carbocycles. The van der Waals surface area contributed by atoms with E-state index in [1.54, 1.807) is 34.1 Å². The minimum Gasteiger partial charge on any atom is -0.444 e. The van der Waals surface area contributed by atoms with Crippen LogP contribution in [0.3, 0.4) is 0 Å². The molecule has 3 heterocycles. The molecule has 11 heteroatoms. The summed E-state index contributed by atoms with van der Waals surface area (Å²) >= 11 is 7.17. The van der Waals surface area contributed by atoms with Crippen LogP contribution < -0.4 is 9.62 Å². The summed E-state index contributed by atoms with van der Waals surface area (Å²) in [6, 6.07) is 11.7. The third kappa shape index (κ3) is 5.47. The Hall–Kier alpha value is -2.66. The number of nitrogens with zero attached hydrogens (tertiary/aromatic N) is 2. The number of nitrogens with one attached hydrogen (secondary N) is 1. The number of carbonyl (C=O) groups excluding carboxylic acids is 2. The van der Waals surface area contributed by atoms with Crippen LogP contribution in [0.2, 0.25) is 5.02 Å². The lowest BCUT2D eigenvalue weighted by Crippen LogP contribution is -2.41. The van der Waals surface area contributed by atoms with Gasteiger partial charge in [0.15, 0.2) is 0 Å². The summed E-state index contributed by atoms with van der Waals surface area (Å²) in [6.45, 7) is 6.91. The van der Waals surface area contributed by atoms with Crippen LogP contribution in [0.4, 0.5) is 10.5 Å². The van der Waals surface area contributed by atoms with Crippen molar-refractivity contribution >= 4 is 60.7 Å². The van der Waals surface area contributed by atoms with E-state index >= 15 is 0 Å². The molecule has 2 amide bonds. The van der Waals surface area contributed by atoms with Gasteiger partial charge in [-0.1, -0.05) is 17.7 Å². The van der Waals surface area contributed by atoms with Gasteiger partial charge in [-0.2, -0.15) is 4.72 Å². The quantitative estimate of drug-likeness (QED) is 0.487. The predicted octanol–water partition coefficient (Wildman–Crippen LogP) is 4.93. The van der Waals surface area contributed by atoms with Crippen LogP contribution in [-0.4, -0.2) is 50.1 Å². The predicted molar refractivity (Wildman–Crippen MR) is 145 cm³/mol. The summed E-state index contributed by atoms with van der Waals surface area (Å²) < 4.78 is 35.1. The number of thiophene rings is 1. The minimum absolute atomic E-state index is 0.152. The van der Waals surface area contributed by atoms with Gasteiger partial charge in [-0.15, -0.1) is 11.3 Å². The fraction of sp³-hybridized carbons (Fsp3) is 0.385. The molecular formula is C26H28ClN3O5S2. The molecule has 1 atom stereocenters. The number of hydrogen-bond donors (Lipinski definition) is 1. The van der Waals surface area contributed by atoms with E-state index in [-0.39, 0.29) is 16.2 Å². The number of hydrogen-bond acceptors (Lipinski definition) is 6. The molecule has 2 aliphatic heterocycles. The fourth-order valence-electron chi connectivity index (χ4n) is 4.60. The van der Waals surface area contributed by atoms with Crippen LogP contribution in [0, 0.1) is 0 Å².